The van der Waals surface area contributed by atoms with Crippen molar-refractivity contribution in [1.29, 1.82) is 0 Å². The molecule has 3 aromatic rings. The number of nitrogens with zero attached hydrogens (tertiary/aromatic N) is 2. The Balaban J connectivity index is 1.45. The van der Waals surface area contributed by atoms with Crippen molar-refractivity contribution in [1.82, 2.24) is 4.98 Å². The lowest BCUT2D eigenvalue weighted by Crippen LogP contribution is -2.24. The fourth-order valence-electron chi connectivity index (χ4n) is 3.51. The number of benzene rings is 2. The molecule has 1 aromatic heterocycles. The van der Waals surface area contributed by atoms with Crippen LogP contribution in [0.4, 0.5) is 17.2 Å². The number of fused-ring (bicyclic) bond motifs is 1. The number of anilines is 3. The third-order valence-corrected chi connectivity index (χ3v) is 5.02. The minimum atomic E-state index is -0.0771. The maximum absolute atomic E-state index is 12.2. The number of carbonyl (C=O) groups is 1. The number of amides is 1. The molecule has 27 heavy (non-hydrogen) atoms. The van der Waals surface area contributed by atoms with Gasteiger partial charge >= 0.3 is 0 Å². The average molecular weight is 378 g/mol. The van der Waals surface area contributed by atoms with Crippen molar-refractivity contribution in [2.45, 2.75) is 25.8 Å². The molecule has 1 aliphatic rings. The molecule has 0 radical (unpaired) electrons. The van der Waals surface area contributed by atoms with Crippen LogP contribution in [0.2, 0.25) is 5.02 Å². The second kappa shape index (κ2) is 7.41. The van der Waals surface area contributed by atoms with E-state index in [-0.39, 0.29) is 5.91 Å². The highest BCUT2D eigenvalue weighted by Gasteiger charge is 2.27. The van der Waals surface area contributed by atoms with E-state index in [9.17, 15) is 4.79 Å². The molecule has 0 spiro atoms. The van der Waals surface area contributed by atoms with Crippen molar-refractivity contribution in [2.24, 2.45) is 0 Å². The van der Waals surface area contributed by atoms with Crippen molar-refractivity contribution in [2.75, 3.05) is 10.2 Å². The van der Waals surface area contributed by atoms with E-state index in [4.69, 9.17) is 11.6 Å². The summed E-state index contributed by atoms with van der Waals surface area (Å²) in [6.45, 7) is 2.20. The first kappa shape index (κ1) is 17.6. The summed E-state index contributed by atoms with van der Waals surface area (Å²) < 4.78 is 0. The molecule has 0 bridgehead atoms. The first-order valence-electron chi connectivity index (χ1n) is 8.97. The van der Waals surface area contributed by atoms with Crippen LogP contribution in [-0.4, -0.2) is 16.9 Å². The van der Waals surface area contributed by atoms with Crippen LogP contribution in [0.5, 0.6) is 0 Å². The number of para-hydroxylation sites is 1. The predicted octanol–water partition coefficient (Wildman–Crippen LogP) is 5.00. The van der Waals surface area contributed by atoms with E-state index in [2.05, 4.69) is 46.4 Å². The maximum Gasteiger partial charge on any atom is 0.228 e. The highest BCUT2D eigenvalue weighted by molar-refractivity contribution is 6.30. The highest BCUT2D eigenvalue weighted by Crippen LogP contribution is 2.37. The normalized spacial score (nSPS) is 15.5. The van der Waals surface area contributed by atoms with Gasteiger partial charge in [0.05, 0.1) is 18.3 Å². The number of carbonyl (C=O) groups excluding carboxylic acids is 1. The molecule has 2 heterocycles. The summed E-state index contributed by atoms with van der Waals surface area (Å²) in [5.74, 6) is 0.815. The largest absolute Gasteiger partial charge is 0.324 e. The zero-order valence-electron chi connectivity index (χ0n) is 15.0. The average Bonchev–Trinajstić information content (AvgIpc) is 3.00. The molecule has 1 unspecified atom stereocenters. The Morgan fingerprint density at radius 3 is 2.67 bits per heavy atom. The van der Waals surface area contributed by atoms with Gasteiger partial charge < -0.3 is 10.2 Å². The number of hydrogen-bond acceptors (Lipinski definition) is 3. The highest BCUT2D eigenvalue weighted by atomic mass is 35.5. The molecular weight excluding hydrogens is 358 g/mol. The van der Waals surface area contributed by atoms with Crippen LogP contribution < -0.4 is 10.2 Å². The van der Waals surface area contributed by atoms with E-state index in [0.29, 0.717) is 23.2 Å². The van der Waals surface area contributed by atoms with Gasteiger partial charge in [0.15, 0.2) is 0 Å². The molecule has 1 aliphatic heterocycles. The molecule has 4 rings (SSSR count). The van der Waals surface area contributed by atoms with Crippen molar-refractivity contribution < 1.29 is 4.79 Å². The molecule has 5 heteroatoms. The smallest absolute Gasteiger partial charge is 0.228 e. The molecule has 1 N–H and O–H groups in total. The Kier molecular flexibility index (Phi) is 4.82. The van der Waals surface area contributed by atoms with Crippen LogP contribution in [0.15, 0.2) is 66.9 Å². The van der Waals surface area contributed by atoms with Gasteiger partial charge in [-0.2, -0.15) is 0 Å². The van der Waals surface area contributed by atoms with Crippen molar-refractivity contribution in [3.05, 3.63) is 83.0 Å². The summed E-state index contributed by atoms with van der Waals surface area (Å²) >= 11 is 5.88. The number of halogens is 1. The van der Waals surface area contributed by atoms with Gasteiger partial charge in [0.25, 0.3) is 0 Å². The lowest BCUT2D eigenvalue weighted by atomic mass is 10.1. The van der Waals surface area contributed by atoms with Crippen LogP contribution in [0, 0.1) is 0 Å². The van der Waals surface area contributed by atoms with Crippen molar-refractivity contribution >= 4 is 34.7 Å². The molecular formula is C22H20ClN3O. The van der Waals surface area contributed by atoms with E-state index in [1.54, 1.807) is 18.3 Å². The minimum Gasteiger partial charge on any atom is -0.324 e. The lowest BCUT2D eigenvalue weighted by Gasteiger charge is -2.24. The van der Waals surface area contributed by atoms with Gasteiger partial charge in [-0.1, -0.05) is 41.9 Å². The molecule has 0 fully saturated rings. The van der Waals surface area contributed by atoms with Crippen LogP contribution in [0.3, 0.4) is 0 Å². The van der Waals surface area contributed by atoms with E-state index in [1.165, 1.54) is 11.3 Å². The summed E-state index contributed by atoms with van der Waals surface area (Å²) in [6, 6.07) is 19.9. The van der Waals surface area contributed by atoms with E-state index in [0.717, 1.165) is 17.8 Å². The predicted molar refractivity (Wildman–Crippen MR) is 110 cm³/mol. The van der Waals surface area contributed by atoms with Gasteiger partial charge in [-0.05, 0) is 54.8 Å². The zero-order valence-corrected chi connectivity index (χ0v) is 15.8. The van der Waals surface area contributed by atoms with Gasteiger partial charge in [-0.15, -0.1) is 0 Å². The Morgan fingerprint density at radius 1 is 1.15 bits per heavy atom. The van der Waals surface area contributed by atoms with Crippen LogP contribution in [-0.2, 0) is 17.6 Å². The topological polar surface area (TPSA) is 45.2 Å². The third-order valence-electron chi connectivity index (χ3n) is 4.76. The van der Waals surface area contributed by atoms with Crippen LogP contribution in [0.1, 0.15) is 18.1 Å². The van der Waals surface area contributed by atoms with Crippen LogP contribution >= 0.6 is 11.6 Å². The van der Waals surface area contributed by atoms with Gasteiger partial charge in [-0.25, -0.2) is 4.98 Å². The number of hydrogen-bond donors (Lipinski definition) is 1. The lowest BCUT2D eigenvalue weighted by molar-refractivity contribution is -0.115. The summed E-state index contributed by atoms with van der Waals surface area (Å²) in [6.07, 6.45) is 3.02. The molecule has 4 nitrogen and oxygen atoms in total. The Bertz CT molecular complexity index is 954. The van der Waals surface area contributed by atoms with E-state index in [1.807, 2.05) is 24.3 Å². The summed E-state index contributed by atoms with van der Waals surface area (Å²) in [5.41, 5.74) is 4.16. The molecule has 2 aromatic carbocycles. The Hall–Kier alpha value is -2.85. The standard InChI is InChI=1S/C22H20ClN3O/c1-15-12-17-4-2-3-5-20(17)26(15)21-11-10-19(14-24-21)25-22(27)13-16-6-8-18(23)9-7-16/h2-11,14-15H,12-13H2,1H3,(H,25,27). The minimum absolute atomic E-state index is 0.0771. The first-order valence-corrected chi connectivity index (χ1v) is 9.35. The summed E-state index contributed by atoms with van der Waals surface area (Å²) in [4.78, 5) is 19.1. The zero-order chi connectivity index (χ0) is 18.8. The first-order chi connectivity index (χ1) is 13.1. The van der Waals surface area contributed by atoms with Gasteiger partial charge in [0, 0.05) is 16.8 Å². The number of pyridine rings is 1. The van der Waals surface area contributed by atoms with Gasteiger partial charge in [-0.3, -0.25) is 4.79 Å². The monoisotopic (exact) mass is 377 g/mol. The molecule has 136 valence electrons. The molecule has 0 saturated carbocycles. The van der Waals surface area contributed by atoms with E-state index < -0.39 is 0 Å². The van der Waals surface area contributed by atoms with Crippen molar-refractivity contribution in [3.63, 3.8) is 0 Å². The molecule has 1 amide bonds. The summed E-state index contributed by atoms with van der Waals surface area (Å²) in [5, 5.41) is 3.56. The van der Waals surface area contributed by atoms with Crippen molar-refractivity contribution in [3.8, 4) is 0 Å². The van der Waals surface area contributed by atoms with Gasteiger partial charge in [0.2, 0.25) is 5.91 Å². The number of nitrogens with one attached hydrogen (secondary N) is 1. The SMILES string of the molecule is CC1Cc2ccccc2N1c1ccc(NC(=O)Cc2ccc(Cl)cc2)cn1. The van der Waals surface area contributed by atoms with Gasteiger partial charge in [0.1, 0.15) is 5.82 Å². The molecule has 0 saturated heterocycles. The van der Waals surface area contributed by atoms with E-state index >= 15 is 0 Å². The Morgan fingerprint density at radius 2 is 1.93 bits per heavy atom. The summed E-state index contributed by atoms with van der Waals surface area (Å²) in [7, 11) is 0. The third kappa shape index (κ3) is 3.81. The second-order valence-corrected chi connectivity index (χ2v) is 7.24. The van der Waals surface area contributed by atoms with Crippen LogP contribution in [0.25, 0.3) is 0 Å². The maximum atomic E-state index is 12.2. The second-order valence-electron chi connectivity index (χ2n) is 6.81. The molecule has 0 aliphatic carbocycles. The number of aromatic nitrogens is 1. The molecule has 1 atom stereocenters. The quantitative estimate of drug-likeness (QED) is 0.696. The fraction of sp³-hybridized carbons (Fsp3) is 0.182. The fourth-order valence-corrected chi connectivity index (χ4v) is 3.64. The Labute approximate surface area is 163 Å². The number of rotatable bonds is 4.